The van der Waals surface area contributed by atoms with Gasteiger partial charge in [-0.25, -0.2) is 4.79 Å². The minimum Gasteiger partial charge on any atom is -0.409 e. The van der Waals surface area contributed by atoms with Crippen molar-refractivity contribution in [2.45, 2.75) is 0 Å². The number of ether oxygens (including phenoxy) is 1. The molecule has 1 amide bonds. The highest BCUT2D eigenvalue weighted by Gasteiger charge is 2.13. The first-order chi connectivity index (χ1) is 7.56. The van der Waals surface area contributed by atoms with Crippen molar-refractivity contribution in [2.75, 3.05) is 20.1 Å². The van der Waals surface area contributed by atoms with Crippen LogP contribution in [0.25, 0.3) is 0 Å². The number of hydrogen-bond acceptors (Lipinski definition) is 3. The van der Waals surface area contributed by atoms with E-state index in [1.54, 1.807) is 25.2 Å². The van der Waals surface area contributed by atoms with Crippen molar-refractivity contribution in [1.82, 2.24) is 4.90 Å². The molecule has 0 heterocycles. The summed E-state index contributed by atoms with van der Waals surface area (Å²) in [5.41, 5.74) is 5.32. The number of nitrogens with two attached hydrogens (primary N) is 1. The van der Waals surface area contributed by atoms with E-state index in [0.29, 0.717) is 18.1 Å². The van der Waals surface area contributed by atoms with Crippen molar-refractivity contribution in [3.05, 3.63) is 28.2 Å². The molecule has 0 saturated heterocycles. The van der Waals surface area contributed by atoms with E-state index in [-0.39, 0.29) is 10.8 Å². The van der Waals surface area contributed by atoms with E-state index in [1.807, 2.05) is 0 Å². The number of carbonyl (C=O) groups excluding carboxylic acids is 1. The van der Waals surface area contributed by atoms with E-state index in [9.17, 15) is 4.79 Å². The fourth-order valence-corrected chi connectivity index (χ4v) is 1.35. The first-order valence-corrected chi connectivity index (χ1v) is 5.39. The third kappa shape index (κ3) is 3.27. The van der Waals surface area contributed by atoms with Crippen LogP contribution >= 0.6 is 23.2 Å². The molecule has 0 aliphatic rings. The van der Waals surface area contributed by atoms with Gasteiger partial charge < -0.3 is 15.4 Å². The van der Waals surface area contributed by atoms with E-state index in [2.05, 4.69) is 0 Å². The van der Waals surface area contributed by atoms with Crippen molar-refractivity contribution in [3.63, 3.8) is 0 Å². The van der Waals surface area contributed by atoms with Crippen LogP contribution in [0, 0.1) is 0 Å². The smallest absolute Gasteiger partial charge is 0.409 e. The van der Waals surface area contributed by atoms with Crippen LogP contribution in [0.5, 0.6) is 5.75 Å². The Bertz CT molecular complexity index is 385. The number of carbonyl (C=O) groups is 1. The number of likely N-dealkylation sites (N-methyl/N-ethyl adjacent to an activating group) is 1. The standard InChI is InChI=1S/C10H12Cl2N2O2/c1-14(6-5-13)10(15)16-8-4-2-3-7(11)9(8)12/h2-4H,5-6,13H2,1H3. The van der Waals surface area contributed by atoms with E-state index >= 15 is 0 Å². The molecule has 0 radical (unpaired) electrons. The molecule has 88 valence electrons. The molecular formula is C10H12Cl2N2O2. The van der Waals surface area contributed by atoms with Gasteiger partial charge in [0.05, 0.1) is 5.02 Å². The molecule has 4 nitrogen and oxygen atoms in total. The Labute approximate surface area is 104 Å². The number of halogens is 2. The Hall–Kier alpha value is -0.970. The first-order valence-electron chi connectivity index (χ1n) is 4.63. The molecule has 2 N–H and O–H groups in total. The molecule has 1 rings (SSSR count). The van der Waals surface area contributed by atoms with E-state index in [0.717, 1.165) is 0 Å². The molecule has 0 atom stereocenters. The van der Waals surface area contributed by atoms with Gasteiger partial charge in [0.1, 0.15) is 5.02 Å². The lowest BCUT2D eigenvalue weighted by Crippen LogP contribution is -2.33. The molecule has 16 heavy (non-hydrogen) atoms. The molecule has 0 saturated carbocycles. The average molecular weight is 263 g/mol. The molecule has 0 unspecified atom stereocenters. The SMILES string of the molecule is CN(CCN)C(=O)Oc1cccc(Cl)c1Cl. The predicted octanol–water partition coefficient (Wildman–Crippen LogP) is 2.38. The van der Waals surface area contributed by atoms with Crippen LogP contribution in [0.15, 0.2) is 18.2 Å². The Morgan fingerprint density at radius 3 is 2.81 bits per heavy atom. The van der Waals surface area contributed by atoms with Gasteiger partial charge in [0.2, 0.25) is 0 Å². The molecule has 0 aliphatic heterocycles. The molecule has 0 aromatic heterocycles. The number of nitrogens with zero attached hydrogens (tertiary/aromatic N) is 1. The van der Waals surface area contributed by atoms with Gasteiger partial charge in [0.15, 0.2) is 5.75 Å². The number of benzene rings is 1. The summed E-state index contributed by atoms with van der Waals surface area (Å²) in [6.45, 7) is 0.784. The summed E-state index contributed by atoms with van der Waals surface area (Å²) in [5.74, 6) is 0.239. The van der Waals surface area contributed by atoms with Gasteiger partial charge in [-0.3, -0.25) is 0 Å². The Morgan fingerprint density at radius 1 is 1.50 bits per heavy atom. The second kappa shape index (κ2) is 5.94. The first kappa shape index (κ1) is 13.1. The molecule has 0 spiro atoms. The fourth-order valence-electron chi connectivity index (χ4n) is 1.02. The maximum Gasteiger partial charge on any atom is 0.415 e. The second-order valence-corrected chi connectivity index (χ2v) is 3.92. The van der Waals surface area contributed by atoms with Crippen molar-refractivity contribution in [3.8, 4) is 5.75 Å². The second-order valence-electron chi connectivity index (χ2n) is 3.13. The zero-order chi connectivity index (χ0) is 12.1. The Morgan fingerprint density at radius 2 is 2.19 bits per heavy atom. The summed E-state index contributed by atoms with van der Waals surface area (Å²) in [4.78, 5) is 12.9. The van der Waals surface area contributed by atoms with E-state index in [4.69, 9.17) is 33.7 Å². The van der Waals surface area contributed by atoms with Gasteiger partial charge >= 0.3 is 6.09 Å². The van der Waals surface area contributed by atoms with Crippen LogP contribution in [0.2, 0.25) is 10.0 Å². The van der Waals surface area contributed by atoms with Gasteiger partial charge in [0, 0.05) is 20.1 Å². The van der Waals surface area contributed by atoms with Gasteiger partial charge in [-0.2, -0.15) is 0 Å². The van der Waals surface area contributed by atoms with Crippen LogP contribution < -0.4 is 10.5 Å². The molecule has 0 bridgehead atoms. The fraction of sp³-hybridized carbons (Fsp3) is 0.300. The summed E-state index contributed by atoms with van der Waals surface area (Å²) in [7, 11) is 1.59. The van der Waals surface area contributed by atoms with Crippen molar-refractivity contribution < 1.29 is 9.53 Å². The zero-order valence-electron chi connectivity index (χ0n) is 8.74. The lowest BCUT2D eigenvalue weighted by atomic mass is 10.3. The third-order valence-electron chi connectivity index (χ3n) is 1.89. The van der Waals surface area contributed by atoms with E-state index in [1.165, 1.54) is 4.90 Å². The topological polar surface area (TPSA) is 55.6 Å². The predicted molar refractivity (Wildman–Crippen MR) is 64.2 cm³/mol. The van der Waals surface area contributed by atoms with Gasteiger partial charge in [-0.1, -0.05) is 29.3 Å². The third-order valence-corrected chi connectivity index (χ3v) is 2.69. The maximum absolute atomic E-state index is 11.5. The molecular weight excluding hydrogens is 251 g/mol. The highest BCUT2D eigenvalue weighted by molar-refractivity contribution is 6.43. The van der Waals surface area contributed by atoms with Crippen LogP contribution in [0.4, 0.5) is 4.79 Å². The van der Waals surface area contributed by atoms with Gasteiger partial charge in [0.25, 0.3) is 0 Å². The minimum atomic E-state index is -0.519. The highest BCUT2D eigenvalue weighted by Crippen LogP contribution is 2.31. The average Bonchev–Trinajstić information content (AvgIpc) is 2.25. The summed E-state index contributed by atoms with van der Waals surface area (Å²) >= 11 is 11.6. The summed E-state index contributed by atoms with van der Waals surface area (Å²) < 4.78 is 5.06. The molecule has 0 aliphatic carbocycles. The number of hydrogen-bond donors (Lipinski definition) is 1. The summed E-state index contributed by atoms with van der Waals surface area (Å²) in [6.07, 6.45) is -0.519. The zero-order valence-corrected chi connectivity index (χ0v) is 10.3. The highest BCUT2D eigenvalue weighted by atomic mass is 35.5. The van der Waals surface area contributed by atoms with Crippen molar-refractivity contribution >= 4 is 29.3 Å². The molecule has 0 fully saturated rings. The van der Waals surface area contributed by atoms with Crippen LogP contribution in [-0.2, 0) is 0 Å². The minimum absolute atomic E-state index is 0.221. The lowest BCUT2D eigenvalue weighted by Gasteiger charge is -2.16. The lowest BCUT2D eigenvalue weighted by molar-refractivity contribution is 0.164. The van der Waals surface area contributed by atoms with Crippen LogP contribution in [-0.4, -0.2) is 31.1 Å². The summed E-state index contributed by atoms with van der Waals surface area (Å²) in [5, 5.41) is 0.562. The Kier molecular flexibility index (Phi) is 4.86. The molecule has 1 aromatic carbocycles. The van der Waals surface area contributed by atoms with Gasteiger partial charge in [-0.05, 0) is 12.1 Å². The quantitative estimate of drug-likeness (QED) is 0.910. The monoisotopic (exact) mass is 262 g/mol. The molecule has 6 heteroatoms. The van der Waals surface area contributed by atoms with Crippen molar-refractivity contribution in [2.24, 2.45) is 5.73 Å². The Balaban J connectivity index is 2.73. The summed E-state index contributed by atoms with van der Waals surface area (Å²) in [6, 6.07) is 4.84. The van der Waals surface area contributed by atoms with Crippen LogP contribution in [0.3, 0.4) is 0 Å². The number of amides is 1. The van der Waals surface area contributed by atoms with Crippen molar-refractivity contribution in [1.29, 1.82) is 0 Å². The van der Waals surface area contributed by atoms with Crippen LogP contribution in [0.1, 0.15) is 0 Å². The van der Waals surface area contributed by atoms with Gasteiger partial charge in [-0.15, -0.1) is 0 Å². The largest absolute Gasteiger partial charge is 0.415 e. The van der Waals surface area contributed by atoms with E-state index < -0.39 is 6.09 Å². The normalized spacial score (nSPS) is 10.0. The number of rotatable bonds is 3. The maximum atomic E-state index is 11.5. The molecule has 1 aromatic rings.